The quantitative estimate of drug-likeness (QED) is 0.881. The third kappa shape index (κ3) is 2.50. The van der Waals surface area contributed by atoms with Crippen molar-refractivity contribution in [3.63, 3.8) is 0 Å². The van der Waals surface area contributed by atoms with E-state index in [2.05, 4.69) is 6.92 Å². The standard InChI is InChI=1S/C13H18ClNO/c1-9(8-15)5-11-7-12(14)6-10-3-2-4-16-13(10)11/h6-7,9H,2-5,8,15H2,1H3. The van der Waals surface area contributed by atoms with Crippen LogP contribution in [0.3, 0.4) is 0 Å². The highest BCUT2D eigenvalue weighted by Crippen LogP contribution is 2.33. The molecular formula is C13H18ClNO. The molecule has 3 heteroatoms. The highest BCUT2D eigenvalue weighted by atomic mass is 35.5. The van der Waals surface area contributed by atoms with Crippen molar-refractivity contribution >= 4 is 11.6 Å². The molecule has 0 amide bonds. The van der Waals surface area contributed by atoms with Gasteiger partial charge in [-0.25, -0.2) is 0 Å². The van der Waals surface area contributed by atoms with E-state index in [4.69, 9.17) is 22.1 Å². The summed E-state index contributed by atoms with van der Waals surface area (Å²) >= 11 is 6.12. The van der Waals surface area contributed by atoms with Crippen LogP contribution in [0.25, 0.3) is 0 Å². The second-order valence-corrected chi connectivity index (χ2v) is 4.99. The molecule has 2 N–H and O–H groups in total. The van der Waals surface area contributed by atoms with Gasteiger partial charge in [0.15, 0.2) is 0 Å². The summed E-state index contributed by atoms with van der Waals surface area (Å²) in [7, 11) is 0. The zero-order valence-corrected chi connectivity index (χ0v) is 10.4. The van der Waals surface area contributed by atoms with Crippen molar-refractivity contribution in [3.05, 3.63) is 28.3 Å². The van der Waals surface area contributed by atoms with E-state index in [0.717, 1.165) is 36.6 Å². The predicted molar refractivity (Wildman–Crippen MR) is 67.2 cm³/mol. The Morgan fingerprint density at radius 3 is 3.06 bits per heavy atom. The number of aryl methyl sites for hydroxylation is 1. The number of fused-ring (bicyclic) bond motifs is 1. The molecule has 1 aromatic rings. The van der Waals surface area contributed by atoms with Crippen molar-refractivity contribution in [1.29, 1.82) is 0 Å². The van der Waals surface area contributed by atoms with E-state index in [-0.39, 0.29) is 0 Å². The second kappa shape index (κ2) is 5.07. The second-order valence-electron chi connectivity index (χ2n) is 4.55. The molecule has 1 aliphatic rings. The average molecular weight is 240 g/mol. The molecule has 1 atom stereocenters. The fourth-order valence-electron chi connectivity index (χ4n) is 2.13. The van der Waals surface area contributed by atoms with Crippen LogP contribution in [0, 0.1) is 5.92 Å². The summed E-state index contributed by atoms with van der Waals surface area (Å²) in [5, 5.41) is 0.809. The van der Waals surface area contributed by atoms with Gasteiger partial charge in [-0.2, -0.15) is 0 Å². The van der Waals surface area contributed by atoms with E-state index in [1.807, 2.05) is 12.1 Å². The van der Waals surface area contributed by atoms with Gasteiger partial charge in [0.05, 0.1) is 6.61 Å². The molecule has 2 rings (SSSR count). The van der Waals surface area contributed by atoms with Crippen LogP contribution >= 0.6 is 11.6 Å². The maximum atomic E-state index is 6.12. The van der Waals surface area contributed by atoms with Crippen molar-refractivity contribution in [2.24, 2.45) is 11.7 Å². The molecule has 0 saturated heterocycles. The van der Waals surface area contributed by atoms with E-state index in [1.54, 1.807) is 0 Å². The highest BCUT2D eigenvalue weighted by Gasteiger charge is 2.17. The van der Waals surface area contributed by atoms with Crippen LogP contribution in [0.5, 0.6) is 5.75 Å². The number of halogens is 1. The molecule has 0 bridgehead atoms. The molecule has 0 spiro atoms. The third-order valence-corrected chi connectivity index (χ3v) is 3.23. The monoisotopic (exact) mass is 239 g/mol. The van der Waals surface area contributed by atoms with Crippen molar-refractivity contribution in [2.45, 2.75) is 26.2 Å². The first kappa shape index (κ1) is 11.7. The summed E-state index contributed by atoms with van der Waals surface area (Å²) in [5.74, 6) is 1.52. The lowest BCUT2D eigenvalue weighted by Crippen LogP contribution is -2.16. The van der Waals surface area contributed by atoms with Crippen LogP contribution in [0.4, 0.5) is 0 Å². The fourth-order valence-corrected chi connectivity index (χ4v) is 2.39. The van der Waals surface area contributed by atoms with Crippen molar-refractivity contribution in [3.8, 4) is 5.75 Å². The summed E-state index contributed by atoms with van der Waals surface area (Å²) in [6.45, 7) is 3.66. The van der Waals surface area contributed by atoms with Gasteiger partial charge in [-0.05, 0) is 55.0 Å². The summed E-state index contributed by atoms with van der Waals surface area (Å²) in [6, 6.07) is 4.03. The number of rotatable bonds is 3. The number of hydrogen-bond acceptors (Lipinski definition) is 2. The maximum absolute atomic E-state index is 6.12. The van der Waals surface area contributed by atoms with E-state index in [1.165, 1.54) is 11.1 Å². The van der Waals surface area contributed by atoms with Crippen LogP contribution in [-0.4, -0.2) is 13.2 Å². The Morgan fingerprint density at radius 1 is 1.50 bits per heavy atom. The highest BCUT2D eigenvalue weighted by molar-refractivity contribution is 6.30. The molecule has 88 valence electrons. The summed E-state index contributed by atoms with van der Waals surface area (Å²) in [6.07, 6.45) is 3.10. The number of hydrogen-bond donors (Lipinski definition) is 1. The Kier molecular flexibility index (Phi) is 3.72. The first-order valence-electron chi connectivity index (χ1n) is 5.85. The van der Waals surface area contributed by atoms with Crippen LogP contribution in [0.15, 0.2) is 12.1 Å². The number of benzene rings is 1. The summed E-state index contributed by atoms with van der Waals surface area (Å²) in [4.78, 5) is 0. The number of ether oxygens (including phenoxy) is 1. The van der Waals surface area contributed by atoms with Gasteiger partial charge in [-0.3, -0.25) is 0 Å². The molecular weight excluding hydrogens is 222 g/mol. The lowest BCUT2D eigenvalue weighted by atomic mass is 9.96. The van der Waals surface area contributed by atoms with Crippen LogP contribution in [0.2, 0.25) is 5.02 Å². The Morgan fingerprint density at radius 2 is 2.31 bits per heavy atom. The van der Waals surface area contributed by atoms with Gasteiger partial charge in [0.1, 0.15) is 5.75 Å². The molecule has 1 aromatic carbocycles. The molecule has 2 nitrogen and oxygen atoms in total. The Balaban J connectivity index is 2.31. The molecule has 1 aliphatic heterocycles. The lowest BCUT2D eigenvalue weighted by molar-refractivity contribution is 0.284. The Labute approximate surface area is 102 Å². The van der Waals surface area contributed by atoms with Gasteiger partial charge in [-0.1, -0.05) is 18.5 Å². The van der Waals surface area contributed by atoms with E-state index >= 15 is 0 Å². The van der Waals surface area contributed by atoms with Crippen LogP contribution in [-0.2, 0) is 12.8 Å². The van der Waals surface area contributed by atoms with Crippen LogP contribution in [0.1, 0.15) is 24.5 Å². The van der Waals surface area contributed by atoms with E-state index in [0.29, 0.717) is 12.5 Å². The molecule has 0 fully saturated rings. The van der Waals surface area contributed by atoms with Gasteiger partial charge in [-0.15, -0.1) is 0 Å². The Hall–Kier alpha value is -0.730. The predicted octanol–water partition coefficient (Wildman–Crippen LogP) is 2.80. The van der Waals surface area contributed by atoms with E-state index < -0.39 is 0 Å². The molecule has 0 radical (unpaired) electrons. The van der Waals surface area contributed by atoms with Gasteiger partial charge in [0.2, 0.25) is 0 Å². The first-order valence-corrected chi connectivity index (χ1v) is 6.22. The fraction of sp³-hybridized carbons (Fsp3) is 0.538. The van der Waals surface area contributed by atoms with E-state index in [9.17, 15) is 0 Å². The Bertz CT molecular complexity index is 378. The average Bonchev–Trinajstić information content (AvgIpc) is 2.28. The third-order valence-electron chi connectivity index (χ3n) is 3.02. The van der Waals surface area contributed by atoms with Gasteiger partial charge < -0.3 is 10.5 Å². The molecule has 0 aliphatic carbocycles. The molecule has 1 unspecified atom stereocenters. The minimum absolute atomic E-state index is 0.466. The van der Waals surface area contributed by atoms with Crippen LogP contribution < -0.4 is 10.5 Å². The zero-order valence-electron chi connectivity index (χ0n) is 9.63. The molecule has 1 heterocycles. The van der Waals surface area contributed by atoms with Crippen molar-refractivity contribution < 1.29 is 4.74 Å². The van der Waals surface area contributed by atoms with Gasteiger partial charge in [0.25, 0.3) is 0 Å². The van der Waals surface area contributed by atoms with Crippen molar-refractivity contribution in [1.82, 2.24) is 0 Å². The zero-order chi connectivity index (χ0) is 11.5. The first-order chi connectivity index (χ1) is 7.70. The largest absolute Gasteiger partial charge is 0.493 e. The number of nitrogens with two attached hydrogens (primary N) is 1. The lowest BCUT2D eigenvalue weighted by Gasteiger charge is -2.22. The molecule has 0 aromatic heterocycles. The summed E-state index contributed by atoms with van der Waals surface area (Å²) in [5.41, 5.74) is 8.12. The molecule has 0 saturated carbocycles. The SMILES string of the molecule is CC(CN)Cc1cc(Cl)cc2c1OCCC2. The van der Waals surface area contributed by atoms with Crippen molar-refractivity contribution in [2.75, 3.05) is 13.2 Å². The normalized spacial score (nSPS) is 16.4. The minimum atomic E-state index is 0.466. The minimum Gasteiger partial charge on any atom is -0.493 e. The van der Waals surface area contributed by atoms with Gasteiger partial charge >= 0.3 is 0 Å². The maximum Gasteiger partial charge on any atom is 0.125 e. The van der Waals surface area contributed by atoms with Gasteiger partial charge in [0, 0.05) is 5.02 Å². The topological polar surface area (TPSA) is 35.2 Å². The molecule has 16 heavy (non-hydrogen) atoms. The summed E-state index contributed by atoms with van der Waals surface area (Å²) < 4.78 is 5.76. The smallest absolute Gasteiger partial charge is 0.125 e.